The minimum atomic E-state index is 0.913. The third kappa shape index (κ3) is 2.60. The van der Waals surface area contributed by atoms with E-state index in [1.165, 1.54) is 32.1 Å². The molecule has 0 amide bonds. The van der Waals surface area contributed by atoms with E-state index in [1.54, 1.807) is 0 Å². The van der Waals surface area contributed by atoms with Crippen LogP contribution in [0, 0.1) is 5.92 Å². The molecule has 2 rings (SSSR count). The molecule has 0 aromatic carbocycles. The van der Waals surface area contributed by atoms with Crippen LogP contribution >= 0.6 is 31.9 Å². The summed E-state index contributed by atoms with van der Waals surface area (Å²) in [6.45, 7) is 1.04. The first-order chi connectivity index (χ1) is 6.75. The summed E-state index contributed by atoms with van der Waals surface area (Å²) in [5.74, 6) is 0.935. The van der Waals surface area contributed by atoms with Crippen molar-refractivity contribution >= 4 is 31.9 Å². The molecule has 0 unspecified atom stereocenters. The molecule has 0 atom stereocenters. The minimum absolute atomic E-state index is 0.913. The molecule has 0 saturated heterocycles. The summed E-state index contributed by atoms with van der Waals surface area (Å²) < 4.78 is 4.01. The molecular formula is C10H14Br2N2. The highest BCUT2D eigenvalue weighted by molar-refractivity contribution is 9.11. The highest BCUT2D eigenvalue weighted by atomic mass is 79.9. The third-order valence-corrected chi connectivity index (χ3v) is 3.95. The van der Waals surface area contributed by atoms with Crippen LogP contribution in [0.4, 0.5) is 0 Å². The molecule has 1 saturated carbocycles. The summed E-state index contributed by atoms with van der Waals surface area (Å²) in [5, 5.41) is 4.36. The molecule has 1 aliphatic rings. The van der Waals surface area contributed by atoms with E-state index in [-0.39, 0.29) is 0 Å². The smallest absolute Gasteiger partial charge is 0.129 e. The van der Waals surface area contributed by atoms with Gasteiger partial charge in [-0.05, 0) is 44.2 Å². The van der Waals surface area contributed by atoms with Gasteiger partial charge in [-0.3, -0.25) is 4.68 Å². The van der Waals surface area contributed by atoms with Crippen molar-refractivity contribution in [2.45, 2.75) is 38.6 Å². The molecule has 1 fully saturated rings. The summed E-state index contributed by atoms with van der Waals surface area (Å²) >= 11 is 6.87. The Bertz CT molecular complexity index is 303. The Hall–Kier alpha value is 0.170. The van der Waals surface area contributed by atoms with Crippen molar-refractivity contribution in [2.75, 3.05) is 0 Å². The van der Waals surface area contributed by atoms with Gasteiger partial charge in [-0.2, -0.15) is 5.10 Å². The largest absolute Gasteiger partial charge is 0.257 e. The lowest BCUT2D eigenvalue weighted by molar-refractivity contribution is 0.435. The summed E-state index contributed by atoms with van der Waals surface area (Å²) in [6.07, 6.45) is 6.95. The van der Waals surface area contributed by atoms with E-state index in [4.69, 9.17) is 0 Å². The van der Waals surface area contributed by atoms with Gasteiger partial charge in [0, 0.05) is 12.6 Å². The fraction of sp³-hybridized carbons (Fsp3) is 0.700. The number of hydrogen-bond donors (Lipinski definition) is 0. The first-order valence-corrected chi connectivity index (χ1v) is 6.73. The number of halogens is 2. The molecule has 0 N–H and O–H groups in total. The van der Waals surface area contributed by atoms with E-state index in [9.17, 15) is 0 Å². The SMILES string of the molecule is Brc1cc(Br)n(CCC2CCCC2)n1. The van der Waals surface area contributed by atoms with E-state index in [1.807, 2.05) is 10.7 Å². The molecule has 78 valence electrons. The van der Waals surface area contributed by atoms with Crippen molar-refractivity contribution in [2.24, 2.45) is 5.92 Å². The van der Waals surface area contributed by atoms with Crippen LogP contribution < -0.4 is 0 Å². The normalized spacial score (nSPS) is 17.9. The Morgan fingerprint density at radius 3 is 2.64 bits per heavy atom. The van der Waals surface area contributed by atoms with Gasteiger partial charge in [-0.15, -0.1) is 0 Å². The molecule has 0 spiro atoms. The van der Waals surface area contributed by atoms with Gasteiger partial charge in [0.1, 0.15) is 9.21 Å². The van der Waals surface area contributed by atoms with E-state index in [0.29, 0.717) is 0 Å². The molecule has 2 nitrogen and oxygen atoms in total. The summed E-state index contributed by atoms with van der Waals surface area (Å²) in [5.41, 5.74) is 0. The van der Waals surface area contributed by atoms with E-state index in [0.717, 1.165) is 21.7 Å². The Morgan fingerprint density at radius 1 is 1.36 bits per heavy atom. The van der Waals surface area contributed by atoms with E-state index in [2.05, 4.69) is 37.0 Å². The van der Waals surface area contributed by atoms with Crippen LogP contribution in [-0.4, -0.2) is 9.78 Å². The highest BCUT2D eigenvalue weighted by Crippen LogP contribution is 2.28. The predicted molar refractivity (Wildman–Crippen MR) is 64.2 cm³/mol. The van der Waals surface area contributed by atoms with Crippen LogP contribution in [0.15, 0.2) is 15.3 Å². The molecular weight excluding hydrogens is 308 g/mol. The maximum Gasteiger partial charge on any atom is 0.129 e. The van der Waals surface area contributed by atoms with Crippen LogP contribution in [0.1, 0.15) is 32.1 Å². The molecule has 1 aromatic rings. The summed E-state index contributed by atoms with van der Waals surface area (Å²) in [6, 6.07) is 1.99. The van der Waals surface area contributed by atoms with Crippen molar-refractivity contribution in [1.29, 1.82) is 0 Å². The predicted octanol–water partition coefficient (Wildman–Crippen LogP) is 3.99. The molecule has 0 aliphatic heterocycles. The van der Waals surface area contributed by atoms with Crippen molar-refractivity contribution in [3.8, 4) is 0 Å². The van der Waals surface area contributed by atoms with Crippen molar-refractivity contribution in [1.82, 2.24) is 9.78 Å². The molecule has 0 bridgehead atoms. The molecule has 1 heterocycles. The van der Waals surface area contributed by atoms with Gasteiger partial charge in [-0.25, -0.2) is 0 Å². The van der Waals surface area contributed by atoms with Gasteiger partial charge in [0.15, 0.2) is 0 Å². The number of hydrogen-bond acceptors (Lipinski definition) is 1. The second-order valence-corrected chi connectivity index (χ2v) is 5.58. The third-order valence-electron chi connectivity index (χ3n) is 2.92. The number of rotatable bonds is 3. The maximum absolute atomic E-state index is 4.36. The van der Waals surface area contributed by atoms with Crippen molar-refractivity contribution in [3.63, 3.8) is 0 Å². The van der Waals surface area contributed by atoms with Crippen LogP contribution in [0.3, 0.4) is 0 Å². The lowest BCUT2D eigenvalue weighted by Crippen LogP contribution is -2.05. The van der Waals surface area contributed by atoms with Crippen LogP contribution in [0.2, 0.25) is 0 Å². The molecule has 4 heteroatoms. The maximum atomic E-state index is 4.36. The Morgan fingerprint density at radius 2 is 2.07 bits per heavy atom. The second-order valence-electron chi connectivity index (χ2n) is 3.95. The molecule has 1 aliphatic carbocycles. The average molecular weight is 322 g/mol. The van der Waals surface area contributed by atoms with Crippen molar-refractivity contribution in [3.05, 3.63) is 15.3 Å². The number of aryl methyl sites for hydroxylation is 1. The summed E-state index contributed by atoms with van der Waals surface area (Å²) in [4.78, 5) is 0. The summed E-state index contributed by atoms with van der Waals surface area (Å²) in [7, 11) is 0. The lowest BCUT2D eigenvalue weighted by atomic mass is 10.0. The molecule has 1 aromatic heterocycles. The molecule has 14 heavy (non-hydrogen) atoms. The minimum Gasteiger partial charge on any atom is -0.257 e. The first-order valence-electron chi connectivity index (χ1n) is 5.14. The Labute approximate surface area is 101 Å². The zero-order valence-corrected chi connectivity index (χ0v) is 11.2. The number of aromatic nitrogens is 2. The van der Waals surface area contributed by atoms with Gasteiger partial charge >= 0.3 is 0 Å². The van der Waals surface area contributed by atoms with Crippen LogP contribution in [-0.2, 0) is 6.54 Å². The fourth-order valence-electron chi connectivity index (χ4n) is 2.13. The van der Waals surface area contributed by atoms with Gasteiger partial charge in [0.25, 0.3) is 0 Å². The van der Waals surface area contributed by atoms with Gasteiger partial charge < -0.3 is 0 Å². The zero-order valence-electron chi connectivity index (χ0n) is 8.05. The van der Waals surface area contributed by atoms with Gasteiger partial charge in [-0.1, -0.05) is 25.7 Å². The highest BCUT2D eigenvalue weighted by Gasteiger charge is 2.15. The average Bonchev–Trinajstić information content (AvgIpc) is 2.72. The standard InChI is InChI=1S/C10H14Br2N2/c11-9-7-10(12)14(13-9)6-5-8-3-1-2-4-8/h7-8H,1-6H2. The fourth-order valence-corrected chi connectivity index (χ4v) is 3.31. The Kier molecular flexibility index (Phi) is 3.66. The Balaban J connectivity index is 1.87. The monoisotopic (exact) mass is 320 g/mol. The zero-order chi connectivity index (χ0) is 9.97. The van der Waals surface area contributed by atoms with Crippen LogP contribution in [0.5, 0.6) is 0 Å². The topological polar surface area (TPSA) is 17.8 Å². The quantitative estimate of drug-likeness (QED) is 0.823. The second kappa shape index (κ2) is 4.79. The van der Waals surface area contributed by atoms with Gasteiger partial charge in [0.2, 0.25) is 0 Å². The van der Waals surface area contributed by atoms with Crippen molar-refractivity contribution < 1.29 is 0 Å². The first kappa shape index (κ1) is 10.7. The molecule has 0 radical (unpaired) electrons. The van der Waals surface area contributed by atoms with Gasteiger partial charge in [0.05, 0.1) is 0 Å². The van der Waals surface area contributed by atoms with E-state index < -0.39 is 0 Å². The van der Waals surface area contributed by atoms with E-state index >= 15 is 0 Å². The van der Waals surface area contributed by atoms with Crippen LogP contribution in [0.25, 0.3) is 0 Å². The number of nitrogens with zero attached hydrogens (tertiary/aromatic N) is 2. The lowest BCUT2D eigenvalue weighted by Gasteiger charge is -2.08.